The molecule has 0 fully saturated rings. The number of hydrogen-bond donors (Lipinski definition) is 2. The van der Waals surface area contributed by atoms with Crippen LogP contribution in [-0.2, 0) is 4.79 Å². The third-order valence-corrected chi connectivity index (χ3v) is 2.73. The zero-order valence-electron chi connectivity index (χ0n) is 12.2. The van der Waals surface area contributed by atoms with E-state index in [9.17, 15) is 14.9 Å². The molecule has 1 aromatic heterocycles. The number of aryl methyl sites for hydroxylation is 1. The first-order chi connectivity index (χ1) is 9.72. The van der Waals surface area contributed by atoms with E-state index in [0.29, 0.717) is 17.8 Å². The number of aromatic nitrogens is 1. The molecule has 114 valence electrons. The molecule has 8 nitrogen and oxygen atoms in total. The van der Waals surface area contributed by atoms with Crippen molar-refractivity contribution in [3.05, 3.63) is 40.0 Å². The number of anilines is 1. The fraction of sp³-hybridized carbons (Fsp3) is 0.385. The van der Waals surface area contributed by atoms with Gasteiger partial charge in [0.1, 0.15) is 6.20 Å². The van der Waals surface area contributed by atoms with Crippen molar-refractivity contribution in [1.29, 1.82) is 0 Å². The Morgan fingerprint density at radius 1 is 1.57 bits per heavy atom. The minimum Gasteiger partial charge on any atom is -0.395 e. The van der Waals surface area contributed by atoms with Crippen LogP contribution >= 0.6 is 0 Å². The minimum absolute atomic E-state index is 0.00268. The predicted molar refractivity (Wildman–Crippen MR) is 79.0 cm³/mol. The van der Waals surface area contributed by atoms with Gasteiger partial charge in [0, 0.05) is 18.7 Å². The molecule has 0 aromatic carbocycles. The Kier molecular flexibility index (Phi) is 5.37. The number of nitro groups is 1. The van der Waals surface area contributed by atoms with Gasteiger partial charge in [0.2, 0.25) is 0 Å². The molecule has 0 bridgehead atoms. The Hall–Kier alpha value is -2.48. The van der Waals surface area contributed by atoms with Gasteiger partial charge in [0.05, 0.1) is 22.0 Å². The lowest BCUT2D eigenvalue weighted by atomic mass is 10.1. The molecule has 0 spiro atoms. The molecule has 0 saturated carbocycles. The Morgan fingerprint density at radius 2 is 2.19 bits per heavy atom. The topological polar surface area (TPSA) is 128 Å². The van der Waals surface area contributed by atoms with Gasteiger partial charge < -0.3 is 5.73 Å². The molecule has 0 radical (unpaired) electrons. The summed E-state index contributed by atoms with van der Waals surface area (Å²) in [5.41, 5.74) is 6.30. The summed E-state index contributed by atoms with van der Waals surface area (Å²) in [6.45, 7) is 5.46. The van der Waals surface area contributed by atoms with E-state index in [1.165, 1.54) is 12.3 Å². The lowest BCUT2D eigenvalue weighted by molar-refractivity contribution is -0.385. The molecule has 0 aliphatic carbocycles. The monoisotopic (exact) mass is 293 g/mol. The summed E-state index contributed by atoms with van der Waals surface area (Å²) < 4.78 is 0. The quantitative estimate of drug-likeness (QED) is 0.351. The van der Waals surface area contributed by atoms with Gasteiger partial charge in [0.25, 0.3) is 5.69 Å². The molecule has 0 aliphatic heterocycles. The summed E-state index contributed by atoms with van der Waals surface area (Å²) in [6, 6.07) is 1.28. The second kappa shape index (κ2) is 6.80. The molecule has 1 heterocycles. The van der Waals surface area contributed by atoms with Gasteiger partial charge in [-0.2, -0.15) is 0 Å². The largest absolute Gasteiger partial charge is 0.395 e. The maximum absolute atomic E-state index is 11.8. The number of hydrogen-bond acceptors (Lipinski definition) is 7. The summed E-state index contributed by atoms with van der Waals surface area (Å²) >= 11 is 0. The molecule has 0 saturated heterocycles. The fourth-order valence-electron chi connectivity index (χ4n) is 1.65. The van der Waals surface area contributed by atoms with Crippen LogP contribution in [-0.4, -0.2) is 15.7 Å². The number of allylic oxidation sites excluding steroid dienone is 1. The molecule has 0 unspecified atom stereocenters. The molecule has 0 atom stereocenters. The van der Waals surface area contributed by atoms with Crippen molar-refractivity contribution in [2.45, 2.75) is 27.2 Å². The Morgan fingerprint density at radius 3 is 2.71 bits per heavy atom. The van der Waals surface area contributed by atoms with E-state index in [0.717, 1.165) is 11.2 Å². The number of nitrogens with two attached hydrogens (primary N) is 2. The molecular formula is C13H19N5O3. The third-order valence-electron chi connectivity index (χ3n) is 2.73. The smallest absolute Gasteiger partial charge is 0.289 e. The van der Waals surface area contributed by atoms with Crippen LogP contribution in [0.15, 0.2) is 24.2 Å². The molecule has 1 rings (SSSR count). The Balaban J connectivity index is 3.03. The second-order valence-corrected chi connectivity index (χ2v) is 5.07. The first kappa shape index (κ1) is 16.6. The first-order valence-electron chi connectivity index (χ1n) is 6.37. The third kappa shape index (κ3) is 4.53. The van der Waals surface area contributed by atoms with Gasteiger partial charge in [-0.15, -0.1) is 0 Å². The van der Waals surface area contributed by atoms with Gasteiger partial charge >= 0.3 is 0 Å². The summed E-state index contributed by atoms with van der Waals surface area (Å²) in [5, 5.41) is 11.8. The molecular weight excluding hydrogens is 274 g/mol. The van der Waals surface area contributed by atoms with Crippen LogP contribution in [0.3, 0.4) is 0 Å². The van der Waals surface area contributed by atoms with Crippen molar-refractivity contribution >= 4 is 17.2 Å². The minimum atomic E-state index is -0.569. The number of hydrazine groups is 1. The van der Waals surface area contributed by atoms with Crippen LogP contribution in [0, 0.1) is 23.0 Å². The van der Waals surface area contributed by atoms with Crippen molar-refractivity contribution in [3.8, 4) is 0 Å². The van der Waals surface area contributed by atoms with Gasteiger partial charge in [-0.3, -0.25) is 24.9 Å². The fourth-order valence-corrected chi connectivity index (χ4v) is 1.65. The summed E-state index contributed by atoms with van der Waals surface area (Å²) in [5.74, 6) is 5.75. The van der Waals surface area contributed by atoms with Gasteiger partial charge in [0.15, 0.2) is 5.78 Å². The second-order valence-electron chi connectivity index (χ2n) is 5.07. The van der Waals surface area contributed by atoms with Crippen molar-refractivity contribution in [2.24, 2.45) is 17.5 Å². The highest BCUT2D eigenvalue weighted by molar-refractivity contribution is 5.94. The van der Waals surface area contributed by atoms with Crippen LogP contribution in [0.25, 0.3) is 0 Å². The number of Topliss-reactive ketones (excluding diaryl/α,β-unsaturated/α-hetero) is 1. The van der Waals surface area contributed by atoms with E-state index in [2.05, 4.69) is 4.98 Å². The average molecular weight is 293 g/mol. The van der Waals surface area contributed by atoms with Crippen LogP contribution in [0.5, 0.6) is 0 Å². The van der Waals surface area contributed by atoms with E-state index in [1.807, 2.05) is 13.8 Å². The number of nitrogens with zero attached hydrogens (tertiary/aromatic N) is 3. The number of carbonyl (C=O) groups excluding carboxylic acids is 1. The highest BCUT2D eigenvalue weighted by Gasteiger charge is 2.14. The van der Waals surface area contributed by atoms with E-state index in [-0.39, 0.29) is 23.1 Å². The van der Waals surface area contributed by atoms with Gasteiger partial charge in [-0.25, -0.2) is 5.84 Å². The van der Waals surface area contributed by atoms with E-state index >= 15 is 0 Å². The first-order valence-corrected chi connectivity index (χ1v) is 6.37. The Labute approximate surface area is 122 Å². The van der Waals surface area contributed by atoms with Gasteiger partial charge in [-0.1, -0.05) is 13.8 Å². The zero-order valence-corrected chi connectivity index (χ0v) is 12.2. The predicted octanol–water partition coefficient (Wildman–Crippen LogP) is 1.39. The molecule has 8 heteroatoms. The lowest BCUT2D eigenvalue weighted by Gasteiger charge is -2.16. The van der Waals surface area contributed by atoms with Crippen molar-refractivity contribution < 1.29 is 9.72 Å². The highest BCUT2D eigenvalue weighted by atomic mass is 16.6. The number of ketones is 1. The molecule has 0 amide bonds. The highest BCUT2D eigenvalue weighted by Crippen LogP contribution is 2.22. The SMILES string of the molecule is Cc1ncc([N+](=O)[O-])cc1N(N)/C=C(\N)C(=O)CC(C)C. The number of rotatable bonds is 6. The maximum atomic E-state index is 11.8. The van der Waals surface area contributed by atoms with E-state index in [1.54, 1.807) is 6.92 Å². The maximum Gasteiger partial charge on any atom is 0.289 e. The van der Waals surface area contributed by atoms with Crippen LogP contribution in [0.4, 0.5) is 11.4 Å². The normalized spacial score (nSPS) is 11.6. The van der Waals surface area contributed by atoms with Crippen molar-refractivity contribution in [3.63, 3.8) is 0 Å². The summed E-state index contributed by atoms with van der Waals surface area (Å²) in [7, 11) is 0. The molecule has 21 heavy (non-hydrogen) atoms. The molecule has 1 aromatic rings. The average Bonchev–Trinajstić information content (AvgIpc) is 2.37. The molecule has 0 aliphatic rings. The van der Waals surface area contributed by atoms with Crippen molar-refractivity contribution in [1.82, 2.24) is 4.98 Å². The lowest BCUT2D eigenvalue weighted by Crippen LogP contribution is -2.29. The zero-order chi connectivity index (χ0) is 16.2. The standard InChI is InChI=1S/C13H19N5O3/c1-8(2)4-13(19)11(14)7-17(15)12-5-10(18(20)21)6-16-9(12)3/h5-8H,4,14-15H2,1-3H3/b11-7-. The Bertz CT molecular complexity index is 583. The van der Waals surface area contributed by atoms with Crippen LogP contribution in [0.2, 0.25) is 0 Å². The van der Waals surface area contributed by atoms with E-state index < -0.39 is 4.92 Å². The molecule has 4 N–H and O–H groups in total. The van der Waals surface area contributed by atoms with E-state index in [4.69, 9.17) is 11.6 Å². The summed E-state index contributed by atoms with van der Waals surface area (Å²) in [4.78, 5) is 25.9. The summed E-state index contributed by atoms with van der Waals surface area (Å²) in [6.07, 6.45) is 2.70. The van der Waals surface area contributed by atoms with Crippen LogP contribution < -0.4 is 16.6 Å². The van der Waals surface area contributed by atoms with Crippen LogP contribution in [0.1, 0.15) is 26.0 Å². The number of carbonyl (C=O) groups is 1. The van der Waals surface area contributed by atoms with Gasteiger partial charge in [-0.05, 0) is 12.8 Å². The van der Waals surface area contributed by atoms with Crippen molar-refractivity contribution in [2.75, 3.05) is 5.01 Å². The number of pyridine rings is 1.